The van der Waals surface area contributed by atoms with Gasteiger partial charge >= 0.3 is 0 Å². The molecule has 1 aliphatic heterocycles. The fourth-order valence-electron chi connectivity index (χ4n) is 2.81. The maximum Gasteiger partial charge on any atom is 0.264 e. The van der Waals surface area contributed by atoms with E-state index in [1.807, 2.05) is 28.5 Å². The molecule has 2 fully saturated rings. The van der Waals surface area contributed by atoms with Crippen LogP contribution in [0.25, 0.3) is 0 Å². The standard InChI is InChI=1S/C17H20N4O2S/c22-17(14-2-1-9-24-14)21-7-8-23-11-13(21)16-18-6-5-15(20-16)19-10-12-3-4-12/h1-2,5-6,9,12-13H,3-4,7-8,10-11H2,(H,18,19,20). The maximum atomic E-state index is 12.8. The van der Waals surface area contributed by atoms with Gasteiger partial charge in [0.1, 0.15) is 11.9 Å². The number of nitrogens with zero attached hydrogens (tertiary/aromatic N) is 3. The summed E-state index contributed by atoms with van der Waals surface area (Å²) in [5, 5.41) is 5.28. The molecule has 0 aromatic carbocycles. The molecule has 1 amide bonds. The third-order valence-corrected chi connectivity index (χ3v) is 5.22. The first kappa shape index (κ1) is 15.5. The van der Waals surface area contributed by atoms with Gasteiger partial charge in [-0.2, -0.15) is 0 Å². The van der Waals surface area contributed by atoms with E-state index in [4.69, 9.17) is 4.74 Å². The van der Waals surface area contributed by atoms with Crippen LogP contribution in [0.4, 0.5) is 5.82 Å². The largest absolute Gasteiger partial charge is 0.377 e. The highest BCUT2D eigenvalue weighted by atomic mass is 32.1. The van der Waals surface area contributed by atoms with Gasteiger partial charge in [-0.05, 0) is 36.3 Å². The van der Waals surface area contributed by atoms with E-state index in [0.717, 1.165) is 23.2 Å². The van der Waals surface area contributed by atoms with Crippen molar-refractivity contribution in [2.24, 2.45) is 5.92 Å². The molecule has 1 saturated carbocycles. The summed E-state index contributed by atoms with van der Waals surface area (Å²) in [7, 11) is 0. The third-order valence-electron chi connectivity index (χ3n) is 4.36. The molecular weight excluding hydrogens is 324 g/mol. The average Bonchev–Trinajstić information content (AvgIpc) is 3.31. The molecule has 7 heteroatoms. The summed E-state index contributed by atoms with van der Waals surface area (Å²) in [6, 6.07) is 5.39. The minimum Gasteiger partial charge on any atom is -0.377 e. The lowest BCUT2D eigenvalue weighted by molar-refractivity contribution is -0.00492. The molecule has 24 heavy (non-hydrogen) atoms. The summed E-state index contributed by atoms with van der Waals surface area (Å²) < 4.78 is 5.59. The van der Waals surface area contributed by atoms with Crippen LogP contribution in [-0.2, 0) is 4.74 Å². The molecule has 2 aromatic rings. The SMILES string of the molecule is O=C(c1cccs1)N1CCOCC1c1nccc(NCC2CC2)n1. The molecular formula is C17H20N4O2S. The van der Waals surface area contributed by atoms with Gasteiger partial charge in [-0.15, -0.1) is 11.3 Å². The quantitative estimate of drug-likeness (QED) is 0.903. The summed E-state index contributed by atoms with van der Waals surface area (Å²) in [5.74, 6) is 2.26. The molecule has 2 aromatic heterocycles. The number of hydrogen-bond donors (Lipinski definition) is 1. The fourth-order valence-corrected chi connectivity index (χ4v) is 3.49. The number of anilines is 1. The van der Waals surface area contributed by atoms with Crippen molar-refractivity contribution >= 4 is 23.1 Å². The molecule has 0 radical (unpaired) electrons. The number of hydrogen-bond acceptors (Lipinski definition) is 6. The summed E-state index contributed by atoms with van der Waals surface area (Å²) in [6.07, 6.45) is 4.34. The minimum absolute atomic E-state index is 0.0262. The normalized spacial score (nSPS) is 20.8. The van der Waals surface area contributed by atoms with E-state index in [2.05, 4.69) is 15.3 Å². The Labute approximate surface area is 144 Å². The first-order valence-electron chi connectivity index (χ1n) is 8.30. The molecule has 3 heterocycles. The molecule has 1 unspecified atom stereocenters. The third kappa shape index (κ3) is 3.42. The van der Waals surface area contributed by atoms with E-state index in [1.54, 1.807) is 6.20 Å². The Bertz CT molecular complexity index is 702. The number of aromatic nitrogens is 2. The van der Waals surface area contributed by atoms with E-state index in [9.17, 15) is 4.79 Å². The van der Waals surface area contributed by atoms with Crippen LogP contribution in [0, 0.1) is 5.92 Å². The van der Waals surface area contributed by atoms with Crippen LogP contribution < -0.4 is 5.32 Å². The number of carbonyl (C=O) groups excluding carboxylic acids is 1. The second-order valence-electron chi connectivity index (χ2n) is 6.19. The first-order chi connectivity index (χ1) is 11.8. The van der Waals surface area contributed by atoms with Crippen LogP contribution in [0.2, 0.25) is 0 Å². The summed E-state index contributed by atoms with van der Waals surface area (Å²) >= 11 is 1.46. The number of nitrogens with one attached hydrogen (secondary N) is 1. The van der Waals surface area contributed by atoms with Crippen molar-refractivity contribution in [3.05, 3.63) is 40.5 Å². The predicted molar refractivity (Wildman–Crippen MR) is 92.2 cm³/mol. The van der Waals surface area contributed by atoms with Crippen LogP contribution in [0.1, 0.15) is 34.4 Å². The highest BCUT2D eigenvalue weighted by Gasteiger charge is 2.32. The monoisotopic (exact) mass is 344 g/mol. The van der Waals surface area contributed by atoms with Crippen LogP contribution in [0.15, 0.2) is 29.8 Å². The molecule has 1 N–H and O–H groups in total. The Morgan fingerprint density at radius 1 is 1.42 bits per heavy atom. The molecule has 0 spiro atoms. The Morgan fingerprint density at radius 2 is 2.33 bits per heavy atom. The number of amides is 1. The van der Waals surface area contributed by atoms with Crippen molar-refractivity contribution in [1.29, 1.82) is 0 Å². The van der Waals surface area contributed by atoms with Crippen molar-refractivity contribution in [3.63, 3.8) is 0 Å². The van der Waals surface area contributed by atoms with Crippen LogP contribution >= 0.6 is 11.3 Å². The van der Waals surface area contributed by atoms with E-state index in [0.29, 0.717) is 25.6 Å². The van der Waals surface area contributed by atoms with Gasteiger partial charge in [0.15, 0.2) is 5.82 Å². The van der Waals surface area contributed by atoms with Gasteiger partial charge in [-0.25, -0.2) is 9.97 Å². The molecule has 1 aliphatic carbocycles. The zero-order chi connectivity index (χ0) is 16.4. The Kier molecular flexibility index (Phi) is 4.44. The summed E-state index contributed by atoms with van der Waals surface area (Å²) in [6.45, 7) is 2.50. The van der Waals surface area contributed by atoms with E-state index in [1.165, 1.54) is 24.2 Å². The van der Waals surface area contributed by atoms with Gasteiger partial charge in [-0.3, -0.25) is 4.79 Å². The highest BCUT2D eigenvalue weighted by molar-refractivity contribution is 7.12. The minimum atomic E-state index is -0.240. The average molecular weight is 344 g/mol. The first-order valence-corrected chi connectivity index (χ1v) is 9.18. The topological polar surface area (TPSA) is 67.4 Å². The van der Waals surface area contributed by atoms with E-state index >= 15 is 0 Å². The summed E-state index contributed by atoms with van der Waals surface area (Å²) in [4.78, 5) is 24.3. The Hall–Kier alpha value is -1.99. The maximum absolute atomic E-state index is 12.8. The molecule has 126 valence electrons. The second-order valence-corrected chi connectivity index (χ2v) is 7.14. The Balaban J connectivity index is 1.53. The van der Waals surface area contributed by atoms with Crippen molar-refractivity contribution in [2.45, 2.75) is 18.9 Å². The lowest BCUT2D eigenvalue weighted by Crippen LogP contribution is -2.43. The summed E-state index contributed by atoms with van der Waals surface area (Å²) in [5.41, 5.74) is 0. The van der Waals surface area contributed by atoms with Crippen molar-refractivity contribution in [1.82, 2.24) is 14.9 Å². The lowest BCUT2D eigenvalue weighted by Gasteiger charge is -2.34. The van der Waals surface area contributed by atoms with Gasteiger partial charge in [0.05, 0.1) is 18.1 Å². The number of thiophene rings is 1. The van der Waals surface area contributed by atoms with Gasteiger partial charge in [0.2, 0.25) is 0 Å². The van der Waals surface area contributed by atoms with Gasteiger partial charge < -0.3 is 15.0 Å². The van der Waals surface area contributed by atoms with Gasteiger partial charge in [-0.1, -0.05) is 6.07 Å². The molecule has 6 nitrogen and oxygen atoms in total. The number of ether oxygens (including phenoxy) is 1. The zero-order valence-corrected chi connectivity index (χ0v) is 14.2. The predicted octanol–water partition coefficient (Wildman–Crippen LogP) is 2.57. The highest BCUT2D eigenvalue weighted by Crippen LogP contribution is 2.29. The number of carbonyl (C=O) groups is 1. The zero-order valence-electron chi connectivity index (χ0n) is 13.4. The number of morpholine rings is 1. The van der Waals surface area contributed by atoms with Crippen molar-refractivity contribution in [3.8, 4) is 0 Å². The number of rotatable bonds is 5. The Morgan fingerprint density at radius 3 is 3.12 bits per heavy atom. The van der Waals surface area contributed by atoms with E-state index < -0.39 is 0 Å². The van der Waals surface area contributed by atoms with Crippen LogP contribution in [-0.4, -0.2) is 47.1 Å². The molecule has 1 saturated heterocycles. The van der Waals surface area contributed by atoms with Crippen molar-refractivity contribution in [2.75, 3.05) is 31.6 Å². The van der Waals surface area contributed by atoms with E-state index in [-0.39, 0.29) is 11.9 Å². The smallest absolute Gasteiger partial charge is 0.264 e. The van der Waals surface area contributed by atoms with Crippen molar-refractivity contribution < 1.29 is 9.53 Å². The molecule has 1 atom stereocenters. The molecule has 2 aliphatic rings. The lowest BCUT2D eigenvalue weighted by atomic mass is 10.2. The molecule has 4 rings (SSSR count). The fraction of sp³-hybridized carbons (Fsp3) is 0.471. The molecule has 0 bridgehead atoms. The van der Waals surface area contributed by atoms with Gasteiger partial charge in [0.25, 0.3) is 5.91 Å². The van der Waals surface area contributed by atoms with Crippen LogP contribution in [0.3, 0.4) is 0 Å². The van der Waals surface area contributed by atoms with Gasteiger partial charge in [0, 0.05) is 19.3 Å². The second kappa shape index (κ2) is 6.86. The van der Waals surface area contributed by atoms with Crippen LogP contribution in [0.5, 0.6) is 0 Å².